The SMILES string of the molecule is O=CC(=O)c1ccccc1C(=O)c1ccccc1C(=O)C=O. The lowest BCUT2D eigenvalue weighted by atomic mass is 9.92. The van der Waals surface area contributed by atoms with Gasteiger partial charge in [-0.25, -0.2) is 0 Å². The van der Waals surface area contributed by atoms with Crippen LogP contribution in [0.25, 0.3) is 0 Å². The van der Waals surface area contributed by atoms with Crippen molar-refractivity contribution in [2.45, 2.75) is 0 Å². The minimum atomic E-state index is -0.830. The quantitative estimate of drug-likeness (QED) is 0.459. The molecule has 0 aliphatic carbocycles. The molecule has 0 radical (unpaired) electrons. The van der Waals surface area contributed by atoms with Gasteiger partial charge in [0.05, 0.1) is 0 Å². The Kier molecular flexibility index (Phi) is 4.48. The van der Waals surface area contributed by atoms with Crippen LogP contribution >= 0.6 is 0 Å². The molecule has 0 aliphatic rings. The predicted octanol–water partition coefficient (Wildman–Crippen LogP) is 1.68. The number of carbonyl (C=O) groups excluding carboxylic acids is 5. The number of carbonyl (C=O) groups is 5. The van der Waals surface area contributed by atoms with Gasteiger partial charge in [-0.2, -0.15) is 0 Å². The lowest BCUT2D eigenvalue weighted by molar-refractivity contribution is -0.105. The molecule has 0 aliphatic heterocycles. The molecule has 0 aromatic heterocycles. The molecule has 2 aromatic carbocycles. The largest absolute Gasteiger partial charge is 0.294 e. The summed E-state index contributed by atoms with van der Waals surface area (Å²) in [6.45, 7) is 0. The van der Waals surface area contributed by atoms with Gasteiger partial charge in [0.15, 0.2) is 18.4 Å². The molecule has 0 amide bonds. The topological polar surface area (TPSA) is 85.3 Å². The van der Waals surface area contributed by atoms with Gasteiger partial charge in [0.1, 0.15) is 0 Å². The van der Waals surface area contributed by atoms with Gasteiger partial charge in [0.2, 0.25) is 11.6 Å². The first-order valence-corrected chi connectivity index (χ1v) is 6.32. The molecule has 22 heavy (non-hydrogen) atoms. The Morgan fingerprint density at radius 3 is 1.23 bits per heavy atom. The van der Waals surface area contributed by atoms with Gasteiger partial charge in [-0.1, -0.05) is 48.5 Å². The van der Waals surface area contributed by atoms with Crippen LogP contribution in [0, 0.1) is 0 Å². The van der Waals surface area contributed by atoms with E-state index in [0.717, 1.165) is 0 Å². The third kappa shape index (κ3) is 2.78. The van der Waals surface area contributed by atoms with E-state index in [9.17, 15) is 24.0 Å². The smallest absolute Gasteiger partial charge is 0.226 e. The Bertz CT molecular complexity index is 724. The number of Topliss-reactive ketones (excluding diaryl/α,β-unsaturated/α-hetero) is 2. The van der Waals surface area contributed by atoms with Crippen LogP contribution in [0.1, 0.15) is 36.6 Å². The maximum absolute atomic E-state index is 12.6. The second-order valence-corrected chi connectivity index (χ2v) is 4.38. The van der Waals surface area contributed by atoms with Gasteiger partial charge in [-0.3, -0.25) is 24.0 Å². The maximum Gasteiger partial charge on any atom is 0.226 e. The fourth-order valence-electron chi connectivity index (χ4n) is 2.06. The van der Waals surface area contributed by atoms with Gasteiger partial charge < -0.3 is 0 Å². The van der Waals surface area contributed by atoms with Crippen LogP contribution in [0.3, 0.4) is 0 Å². The van der Waals surface area contributed by atoms with E-state index in [1.54, 1.807) is 12.1 Å². The fourth-order valence-corrected chi connectivity index (χ4v) is 2.06. The minimum Gasteiger partial charge on any atom is -0.294 e. The highest BCUT2D eigenvalue weighted by Gasteiger charge is 2.21. The maximum atomic E-state index is 12.6. The van der Waals surface area contributed by atoms with Crippen molar-refractivity contribution in [3.8, 4) is 0 Å². The van der Waals surface area contributed by atoms with Crippen molar-refractivity contribution in [1.29, 1.82) is 0 Å². The zero-order valence-electron chi connectivity index (χ0n) is 11.3. The molecule has 0 spiro atoms. The first kappa shape index (κ1) is 15.2. The molecule has 0 N–H and O–H groups in total. The zero-order chi connectivity index (χ0) is 16.1. The Morgan fingerprint density at radius 2 is 0.909 bits per heavy atom. The molecule has 0 unspecified atom stereocenters. The predicted molar refractivity (Wildman–Crippen MR) is 77.1 cm³/mol. The van der Waals surface area contributed by atoms with E-state index in [1.807, 2.05) is 0 Å². The fraction of sp³-hybridized carbons (Fsp3) is 0. The molecule has 0 bridgehead atoms. The molecule has 0 saturated heterocycles. The van der Waals surface area contributed by atoms with Crippen LogP contribution in [0.2, 0.25) is 0 Å². The number of aldehydes is 2. The zero-order valence-corrected chi connectivity index (χ0v) is 11.3. The Labute approximate surface area is 125 Å². The lowest BCUT2D eigenvalue weighted by Gasteiger charge is -2.08. The standard InChI is InChI=1S/C17H10O5/c18-9-15(20)11-5-1-3-7-13(11)17(22)14-8-4-2-6-12(14)16(21)10-19/h1-10H. The molecular formula is C17H10O5. The summed E-state index contributed by atoms with van der Waals surface area (Å²) in [6, 6.07) is 11.6. The van der Waals surface area contributed by atoms with Crippen molar-refractivity contribution in [3.63, 3.8) is 0 Å². The summed E-state index contributed by atoms with van der Waals surface area (Å²) in [7, 11) is 0. The Morgan fingerprint density at radius 1 is 0.591 bits per heavy atom. The van der Waals surface area contributed by atoms with E-state index in [-0.39, 0.29) is 34.8 Å². The van der Waals surface area contributed by atoms with Crippen LogP contribution in [0.4, 0.5) is 0 Å². The van der Waals surface area contributed by atoms with Crippen molar-refractivity contribution >= 4 is 29.9 Å². The highest BCUT2D eigenvalue weighted by molar-refractivity contribution is 6.38. The summed E-state index contributed by atoms with van der Waals surface area (Å²) in [5, 5.41) is 0. The van der Waals surface area contributed by atoms with E-state index < -0.39 is 17.3 Å². The van der Waals surface area contributed by atoms with E-state index in [0.29, 0.717) is 0 Å². The Hall–Kier alpha value is -3.21. The highest BCUT2D eigenvalue weighted by atomic mass is 16.2. The summed E-state index contributed by atoms with van der Waals surface area (Å²) in [4.78, 5) is 57.1. The number of rotatable bonds is 6. The molecule has 0 atom stereocenters. The molecule has 0 fully saturated rings. The van der Waals surface area contributed by atoms with Gasteiger partial charge in [0, 0.05) is 22.3 Å². The monoisotopic (exact) mass is 294 g/mol. The second-order valence-electron chi connectivity index (χ2n) is 4.38. The van der Waals surface area contributed by atoms with Gasteiger partial charge in [-0.15, -0.1) is 0 Å². The molecular weight excluding hydrogens is 284 g/mol. The third-order valence-electron chi connectivity index (χ3n) is 3.09. The first-order valence-electron chi connectivity index (χ1n) is 6.32. The average Bonchev–Trinajstić information content (AvgIpc) is 2.59. The molecule has 108 valence electrons. The number of hydrogen-bond acceptors (Lipinski definition) is 5. The van der Waals surface area contributed by atoms with Gasteiger partial charge >= 0.3 is 0 Å². The summed E-state index contributed by atoms with van der Waals surface area (Å²) < 4.78 is 0. The van der Waals surface area contributed by atoms with Crippen molar-refractivity contribution in [2.75, 3.05) is 0 Å². The summed E-state index contributed by atoms with van der Waals surface area (Å²) in [5.41, 5.74) is -0.0804. The number of benzene rings is 2. The van der Waals surface area contributed by atoms with Gasteiger partial charge in [0.25, 0.3) is 0 Å². The van der Waals surface area contributed by atoms with Crippen molar-refractivity contribution in [2.24, 2.45) is 0 Å². The van der Waals surface area contributed by atoms with Crippen LogP contribution in [-0.2, 0) is 9.59 Å². The number of hydrogen-bond donors (Lipinski definition) is 0. The first-order chi connectivity index (χ1) is 10.6. The summed E-state index contributed by atoms with van der Waals surface area (Å²) in [6.07, 6.45) is 0.239. The van der Waals surface area contributed by atoms with E-state index in [1.165, 1.54) is 36.4 Å². The molecule has 2 aromatic rings. The highest BCUT2D eigenvalue weighted by Crippen LogP contribution is 2.18. The van der Waals surface area contributed by atoms with Gasteiger partial charge in [-0.05, 0) is 0 Å². The van der Waals surface area contributed by atoms with Crippen LogP contribution < -0.4 is 0 Å². The third-order valence-corrected chi connectivity index (χ3v) is 3.09. The van der Waals surface area contributed by atoms with E-state index in [2.05, 4.69) is 0 Å². The molecule has 2 rings (SSSR count). The molecule has 5 nitrogen and oxygen atoms in total. The number of ketones is 3. The van der Waals surface area contributed by atoms with Crippen LogP contribution in [0.15, 0.2) is 48.5 Å². The summed E-state index contributed by atoms with van der Waals surface area (Å²) >= 11 is 0. The van der Waals surface area contributed by atoms with E-state index >= 15 is 0 Å². The molecule has 0 heterocycles. The summed E-state index contributed by atoms with van der Waals surface area (Å²) in [5.74, 6) is -2.26. The average molecular weight is 294 g/mol. The van der Waals surface area contributed by atoms with Crippen LogP contribution in [0.5, 0.6) is 0 Å². The van der Waals surface area contributed by atoms with Crippen molar-refractivity contribution < 1.29 is 24.0 Å². The van der Waals surface area contributed by atoms with Crippen molar-refractivity contribution in [3.05, 3.63) is 70.8 Å². The molecule has 0 saturated carbocycles. The lowest BCUT2D eigenvalue weighted by Crippen LogP contribution is -2.14. The van der Waals surface area contributed by atoms with E-state index in [4.69, 9.17) is 0 Å². The second kappa shape index (κ2) is 6.49. The Balaban J connectivity index is 2.59. The van der Waals surface area contributed by atoms with Crippen LogP contribution in [-0.4, -0.2) is 29.9 Å². The molecule has 5 heteroatoms. The van der Waals surface area contributed by atoms with Crippen molar-refractivity contribution in [1.82, 2.24) is 0 Å². The normalized spacial score (nSPS) is 9.82. The minimum absolute atomic E-state index is 0.00532.